The maximum Gasteiger partial charge on any atom is 0.337 e. The number of benzene rings is 1. The molecule has 25 heavy (non-hydrogen) atoms. The van der Waals surface area contributed by atoms with Crippen LogP contribution >= 0.6 is 0 Å². The highest BCUT2D eigenvalue weighted by molar-refractivity contribution is 6.42. The first-order chi connectivity index (χ1) is 12.0. The summed E-state index contributed by atoms with van der Waals surface area (Å²) in [4.78, 5) is 41.2. The van der Waals surface area contributed by atoms with E-state index < -0.39 is 17.8 Å². The van der Waals surface area contributed by atoms with Gasteiger partial charge < -0.3 is 9.84 Å². The lowest BCUT2D eigenvalue weighted by atomic mass is 10.0. The van der Waals surface area contributed by atoms with Gasteiger partial charge in [0.15, 0.2) is 0 Å². The predicted molar refractivity (Wildman–Crippen MR) is 89.6 cm³/mol. The van der Waals surface area contributed by atoms with Gasteiger partial charge in [-0.2, -0.15) is 0 Å². The van der Waals surface area contributed by atoms with Gasteiger partial charge in [0, 0.05) is 30.4 Å². The monoisotopic (exact) mass is 338 g/mol. The minimum atomic E-state index is -0.654. The molecule has 7 nitrogen and oxygen atoms in total. The standard InChI is InChI=1S/C18H14N2O5/c1-10(21)20-14-4-3-12(18(24)25-2)9-13(14)15(17(20)23)16(22)11-5-7-19-8-6-11/h3-9,22H,1-2H3/b16-15-. The number of aromatic nitrogens is 1. The topological polar surface area (TPSA) is 96.8 Å². The van der Waals surface area contributed by atoms with Gasteiger partial charge in [-0.25, -0.2) is 9.69 Å². The van der Waals surface area contributed by atoms with Gasteiger partial charge >= 0.3 is 5.97 Å². The van der Waals surface area contributed by atoms with Gasteiger partial charge in [0.05, 0.1) is 23.9 Å². The van der Waals surface area contributed by atoms with E-state index in [1.165, 1.54) is 56.8 Å². The molecule has 3 rings (SSSR count). The second-order valence-electron chi connectivity index (χ2n) is 5.34. The third-order valence-corrected chi connectivity index (χ3v) is 3.85. The van der Waals surface area contributed by atoms with Crippen molar-refractivity contribution in [1.29, 1.82) is 0 Å². The average Bonchev–Trinajstić information content (AvgIpc) is 2.92. The third kappa shape index (κ3) is 2.65. The molecule has 0 saturated carbocycles. The third-order valence-electron chi connectivity index (χ3n) is 3.85. The van der Waals surface area contributed by atoms with Crippen LogP contribution in [0.3, 0.4) is 0 Å². The zero-order valence-corrected chi connectivity index (χ0v) is 13.5. The Kier molecular flexibility index (Phi) is 4.06. The molecule has 0 radical (unpaired) electrons. The molecule has 1 aromatic carbocycles. The highest BCUT2D eigenvalue weighted by Crippen LogP contribution is 2.40. The van der Waals surface area contributed by atoms with Crippen molar-refractivity contribution in [2.24, 2.45) is 0 Å². The Balaban J connectivity index is 2.27. The van der Waals surface area contributed by atoms with Gasteiger partial charge in [-0.15, -0.1) is 0 Å². The van der Waals surface area contributed by atoms with Crippen LogP contribution in [0, 0.1) is 0 Å². The van der Waals surface area contributed by atoms with Crippen molar-refractivity contribution in [2.75, 3.05) is 12.0 Å². The summed E-state index contributed by atoms with van der Waals surface area (Å²) >= 11 is 0. The Morgan fingerprint density at radius 1 is 1.12 bits per heavy atom. The van der Waals surface area contributed by atoms with Gasteiger partial charge in [-0.3, -0.25) is 14.6 Å². The van der Waals surface area contributed by atoms with E-state index in [-0.39, 0.29) is 22.5 Å². The van der Waals surface area contributed by atoms with Crippen LogP contribution in [0.2, 0.25) is 0 Å². The number of amides is 2. The molecule has 1 aliphatic rings. The van der Waals surface area contributed by atoms with Crippen LogP contribution in [0.1, 0.15) is 28.4 Å². The molecule has 2 amide bonds. The van der Waals surface area contributed by atoms with E-state index in [9.17, 15) is 19.5 Å². The maximum absolute atomic E-state index is 12.7. The number of fused-ring (bicyclic) bond motifs is 1. The molecule has 0 unspecified atom stereocenters. The van der Waals surface area contributed by atoms with Gasteiger partial charge in [-0.1, -0.05) is 0 Å². The van der Waals surface area contributed by atoms with Gasteiger partial charge in [0.1, 0.15) is 5.76 Å². The summed E-state index contributed by atoms with van der Waals surface area (Å²) in [5.74, 6) is -2.02. The van der Waals surface area contributed by atoms with E-state index in [1.807, 2.05) is 0 Å². The number of hydrogen-bond donors (Lipinski definition) is 1. The molecule has 126 valence electrons. The molecule has 1 N–H and O–H groups in total. The van der Waals surface area contributed by atoms with E-state index >= 15 is 0 Å². The minimum Gasteiger partial charge on any atom is -0.506 e. The highest BCUT2D eigenvalue weighted by Gasteiger charge is 2.38. The summed E-state index contributed by atoms with van der Waals surface area (Å²) in [5, 5.41) is 10.6. The lowest BCUT2D eigenvalue weighted by Gasteiger charge is -2.12. The van der Waals surface area contributed by atoms with Crippen LogP contribution in [-0.2, 0) is 14.3 Å². The summed E-state index contributed by atoms with van der Waals surface area (Å²) in [6, 6.07) is 7.44. The van der Waals surface area contributed by atoms with Gasteiger partial charge in [0.25, 0.3) is 5.91 Å². The molecular formula is C18H14N2O5. The highest BCUT2D eigenvalue weighted by atomic mass is 16.5. The summed E-state index contributed by atoms with van der Waals surface area (Å²) in [6.45, 7) is 1.25. The number of rotatable bonds is 2. The summed E-state index contributed by atoms with van der Waals surface area (Å²) < 4.78 is 4.69. The molecule has 0 spiro atoms. The van der Waals surface area contributed by atoms with E-state index in [0.29, 0.717) is 11.3 Å². The second kappa shape index (κ2) is 6.20. The molecule has 0 saturated heterocycles. The number of carbonyl (C=O) groups is 3. The molecule has 2 heterocycles. The van der Waals surface area contributed by atoms with Crippen molar-refractivity contribution in [1.82, 2.24) is 4.98 Å². The number of nitrogens with zero attached hydrogens (tertiary/aromatic N) is 2. The molecule has 2 aromatic rings. The zero-order valence-electron chi connectivity index (χ0n) is 13.5. The number of carbonyl (C=O) groups excluding carboxylic acids is 3. The van der Waals surface area contributed by atoms with Crippen molar-refractivity contribution in [3.05, 3.63) is 59.4 Å². The summed E-state index contributed by atoms with van der Waals surface area (Å²) in [5.41, 5.74) is 1.12. The first-order valence-electron chi connectivity index (χ1n) is 7.37. The van der Waals surface area contributed by atoms with E-state index in [1.54, 1.807) is 0 Å². The van der Waals surface area contributed by atoms with Crippen LogP contribution in [0.15, 0.2) is 42.7 Å². The molecule has 1 aliphatic heterocycles. The van der Waals surface area contributed by atoms with Crippen molar-refractivity contribution >= 4 is 34.8 Å². The number of esters is 1. The minimum absolute atomic E-state index is 0.0536. The van der Waals surface area contributed by atoms with E-state index in [0.717, 1.165) is 4.90 Å². The summed E-state index contributed by atoms with van der Waals surface area (Å²) in [7, 11) is 1.24. The Morgan fingerprint density at radius 3 is 2.40 bits per heavy atom. The Hall–Kier alpha value is -3.48. The number of ether oxygens (including phenoxy) is 1. The zero-order chi connectivity index (χ0) is 18.1. The van der Waals surface area contributed by atoms with Crippen molar-refractivity contribution < 1.29 is 24.2 Å². The average molecular weight is 338 g/mol. The number of aliphatic hydroxyl groups excluding tert-OH is 1. The van der Waals surface area contributed by atoms with Gasteiger partial charge in [-0.05, 0) is 30.3 Å². The number of anilines is 1. The number of aliphatic hydroxyl groups is 1. The van der Waals surface area contributed by atoms with Crippen LogP contribution in [-0.4, -0.2) is 35.0 Å². The Bertz CT molecular complexity index is 918. The van der Waals surface area contributed by atoms with Crippen LogP contribution in [0.4, 0.5) is 5.69 Å². The first kappa shape index (κ1) is 16.4. The van der Waals surface area contributed by atoms with Crippen LogP contribution < -0.4 is 4.90 Å². The van der Waals surface area contributed by atoms with E-state index in [4.69, 9.17) is 0 Å². The van der Waals surface area contributed by atoms with Crippen LogP contribution in [0.5, 0.6) is 0 Å². The lowest BCUT2D eigenvalue weighted by molar-refractivity contribution is -0.122. The molecule has 1 aromatic heterocycles. The predicted octanol–water partition coefficient (Wildman–Crippen LogP) is 2.19. The fourth-order valence-electron chi connectivity index (χ4n) is 2.71. The molecule has 0 fully saturated rings. The second-order valence-corrected chi connectivity index (χ2v) is 5.34. The largest absolute Gasteiger partial charge is 0.506 e. The molecule has 0 bridgehead atoms. The fourth-order valence-corrected chi connectivity index (χ4v) is 2.71. The smallest absolute Gasteiger partial charge is 0.337 e. The number of hydrogen-bond acceptors (Lipinski definition) is 6. The number of pyridine rings is 1. The van der Waals surface area contributed by atoms with Crippen molar-refractivity contribution in [2.45, 2.75) is 6.92 Å². The molecule has 0 atom stereocenters. The maximum atomic E-state index is 12.7. The Labute approximate surface area is 143 Å². The number of methoxy groups -OCH3 is 1. The molecular weight excluding hydrogens is 324 g/mol. The van der Waals surface area contributed by atoms with E-state index in [2.05, 4.69) is 9.72 Å². The van der Waals surface area contributed by atoms with Gasteiger partial charge in [0.2, 0.25) is 5.91 Å². The fraction of sp³-hybridized carbons (Fsp3) is 0.111. The normalized spacial score (nSPS) is 15.0. The van der Waals surface area contributed by atoms with Crippen molar-refractivity contribution in [3.8, 4) is 0 Å². The number of imide groups is 1. The van der Waals surface area contributed by atoms with Crippen molar-refractivity contribution in [3.63, 3.8) is 0 Å². The Morgan fingerprint density at radius 2 is 1.80 bits per heavy atom. The SMILES string of the molecule is COC(=O)c1ccc2c(c1)/C(=C(/O)c1ccncc1)C(=O)N2C(C)=O. The summed E-state index contributed by atoms with van der Waals surface area (Å²) in [6.07, 6.45) is 2.94. The molecule has 7 heteroatoms. The van der Waals surface area contributed by atoms with Crippen LogP contribution in [0.25, 0.3) is 11.3 Å². The lowest BCUT2D eigenvalue weighted by Crippen LogP contribution is -2.31. The quantitative estimate of drug-likeness (QED) is 0.512. The molecule has 0 aliphatic carbocycles. The first-order valence-corrected chi connectivity index (χ1v) is 7.37.